The van der Waals surface area contributed by atoms with Gasteiger partial charge in [-0.1, -0.05) is 12.1 Å². The standard InChI is InChI=1S/C21H25F2N5O/c1-14(2)29-17-7-5-15(6-8-17)11-27-9-3-4-16(12-27)18-10-19(20(22)23)28-21(26-18)24-13-25-28/h5-8,10,13-14,16,20H,3-4,9,11-12H2,1-2H3/t16-/m1/s1. The predicted octanol–water partition coefficient (Wildman–Crippen LogP) is 4.23. The van der Waals surface area contributed by atoms with Crippen molar-refractivity contribution in [2.45, 2.75) is 51.7 Å². The van der Waals surface area contributed by atoms with Crippen LogP contribution in [0.1, 0.15) is 56.0 Å². The minimum atomic E-state index is -2.62. The van der Waals surface area contributed by atoms with Gasteiger partial charge < -0.3 is 4.74 Å². The predicted molar refractivity (Wildman–Crippen MR) is 105 cm³/mol. The van der Waals surface area contributed by atoms with Crippen molar-refractivity contribution in [1.29, 1.82) is 0 Å². The third-order valence-corrected chi connectivity index (χ3v) is 5.15. The van der Waals surface area contributed by atoms with Gasteiger partial charge in [0.15, 0.2) is 0 Å². The average Bonchev–Trinajstić information content (AvgIpc) is 3.17. The van der Waals surface area contributed by atoms with E-state index in [4.69, 9.17) is 4.74 Å². The summed E-state index contributed by atoms with van der Waals surface area (Å²) in [6.45, 7) is 6.59. The number of piperidine rings is 1. The zero-order valence-corrected chi connectivity index (χ0v) is 16.6. The lowest BCUT2D eigenvalue weighted by atomic mass is 9.93. The molecular formula is C21H25F2N5O. The highest BCUT2D eigenvalue weighted by molar-refractivity contribution is 5.32. The summed E-state index contributed by atoms with van der Waals surface area (Å²) in [5.74, 6) is 1.20. The highest BCUT2D eigenvalue weighted by Gasteiger charge is 2.25. The number of ether oxygens (including phenoxy) is 1. The Morgan fingerprint density at radius 3 is 2.72 bits per heavy atom. The maximum absolute atomic E-state index is 13.5. The van der Waals surface area contributed by atoms with Gasteiger partial charge in [-0.25, -0.2) is 13.8 Å². The number of halogens is 2. The van der Waals surface area contributed by atoms with Crippen LogP contribution in [0.2, 0.25) is 0 Å². The van der Waals surface area contributed by atoms with E-state index in [9.17, 15) is 8.78 Å². The Morgan fingerprint density at radius 1 is 1.21 bits per heavy atom. The maximum Gasteiger partial charge on any atom is 0.280 e. The molecule has 0 spiro atoms. The fourth-order valence-electron chi connectivity index (χ4n) is 3.86. The van der Waals surface area contributed by atoms with Crippen molar-refractivity contribution in [3.05, 3.63) is 53.6 Å². The lowest BCUT2D eigenvalue weighted by molar-refractivity contribution is 0.142. The van der Waals surface area contributed by atoms with Crippen LogP contribution < -0.4 is 4.74 Å². The Labute approximate surface area is 168 Å². The molecule has 4 rings (SSSR count). The van der Waals surface area contributed by atoms with E-state index in [1.54, 1.807) is 0 Å². The molecule has 1 aliphatic rings. The van der Waals surface area contributed by atoms with E-state index >= 15 is 0 Å². The second kappa shape index (κ2) is 8.41. The molecule has 1 saturated heterocycles. The number of aromatic nitrogens is 4. The molecule has 0 aliphatic carbocycles. The molecule has 3 heterocycles. The van der Waals surface area contributed by atoms with Gasteiger partial charge in [-0.15, -0.1) is 0 Å². The summed E-state index contributed by atoms with van der Waals surface area (Å²) in [5.41, 5.74) is 1.72. The van der Waals surface area contributed by atoms with E-state index in [-0.39, 0.29) is 23.5 Å². The van der Waals surface area contributed by atoms with E-state index in [2.05, 4.69) is 32.1 Å². The van der Waals surface area contributed by atoms with Crippen molar-refractivity contribution in [1.82, 2.24) is 24.5 Å². The highest BCUT2D eigenvalue weighted by atomic mass is 19.3. The fourth-order valence-corrected chi connectivity index (χ4v) is 3.86. The summed E-state index contributed by atoms with van der Waals surface area (Å²) >= 11 is 0. The molecule has 1 fully saturated rings. The van der Waals surface area contributed by atoms with Crippen molar-refractivity contribution in [3.63, 3.8) is 0 Å². The van der Waals surface area contributed by atoms with Crippen LogP contribution in [0.5, 0.6) is 5.75 Å². The third kappa shape index (κ3) is 4.53. The van der Waals surface area contributed by atoms with Crippen LogP contribution in [-0.2, 0) is 6.54 Å². The summed E-state index contributed by atoms with van der Waals surface area (Å²) in [6.07, 6.45) is 0.724. The Morgan fingerprint density at radius 2 is 2.00 bits per heavy atom. The minimum Gasteiger partial charge on any atom is -0.491 e. The van der Waals surface area contributed by atoms with Crippen LogP contribution in [-0.4, -0.2) is 43.7 Å². The van der Waals surface area contributed by atoms with Crippen molar-refractivity contribution in [3.8, 4) is 5.75 Å². The summed E-state index contributed by atoms with van der Waals surface area (Å²) < 4.78 is 33.7. The van der Waals surface area contributed by atoms with Crippen LogP contribution in [0.25, 0.3) is 5.78 Å². The van der Waals surface area contributed by atoms with E-state index in [1.807, 2.05) is 26.0 Å². The van der Waals surface area contributed by atoms with Gasteiger partial charge in [0.05, 0.1) is 11.8 Å². The van der Waals surface area contributed by atoms with Crippen molar-refractivity contribution >= 4 is 5.78 Å². The first-order chi connectivity index (χ1) is 14.0. The van der Waals surface area contributed by atoms with Gasteiger partial charge in [-0.05, 0) is 57.0 Å². The number of alkyl halides is 2. The largest absolute Gasteiger partial charge is 0.491 e. The maximum atomic E-state index is 13.5. The Balaban J connectivity index is 1.48. The Hall–Kier alpha value is -2.61. The molecule has 3 aromatic rings. The van der Waals surface area contributed by atoms with Crippen LogP contribution >= 0.6 is 0 Å². The van der Waals surface area contributed by atoms with Gasteiger partial charge in [-0.3, -0.25) is 4.90 Å². The molecule has 0 saturated carbocycles. The highest BCUT2D eigenvalue weighted by Crippen LogP contribution is 2.29. The van der Waals surface area contributed by atoms with Crippen molar-refractivity contribution in [2.24, 2.45) is 0 Å². The zero-order valence-electron chi connectivity index (χ0n) is 16.6. The molecule has 0 N–H and O–H groups in total. The molecule has 8 heteroatoms. The van der Waals surface area contributed by atoms with Crippen LogP contribution in [0.4, 0.5) is 8.78 Å². The lowest BCUT2D eigenvalue weighted by Gasteiger charge is -2.32. The normalized spacial score (nSPS) is 18.1. The second-order valence-corrected chi connectivity index (χ2v) is 7.76. The molecule has 0 unspecified atom stereocenters. The summed E-state index contributed by atoms with van der Waals surface area (Å²) in [4.78, 5) is 10.9. The molecule has 2 aromatic heterocycles. The van der Waals surface area contributed by atoms with Crippen molar-refractivity contribution in [2.75, 3.05) is 13.1 Å². The molecule has 0 amide bonds. The molecule has 6 nitrogen and oxygen atoms in total. The van der Waals surface area contributed by atoms with E-state index < -0.39 is 6.43 Å². The quantitative estimate of drug-likeness (QED) is 0.619. The van der Waals surface area contributed by atoms with Crippen molar-refractivity contribution < 1.29 is 13.5 Å². The van der Waals surface area contributed by atoms with Crippen LogP contribution in [0, 0.1) is 0 Å². The number of hydrogen-bond acceptors (Lipinski definition) is 5. The molecule has 154 valence electrons. The minimum absolute atomic E-state index is 0.103. The first kappa shape index (κ1) is 19.7. The molecule has 1 aromatic carbocycles. The molecule has 0 bridgehead atoms. The number of fused-ring (bicyclic) bond motifs is 1. The topological polar surface area (TPSA) is 55.6 Å². The number of rotatable bonds is 6. The summed E-state index contributed by atoms with van der Waals surface area (Å²) in [7, 11) is 0. The number of hydrogen-bond donors (Lipinski definition) is 0. The molecular weight excluding hydrogens is 376 g/mol. The van der Waals surface area contributed by atoms with Gasteiger partial charge in [0.2, 0.25) is 0 Å². The van der Waals surface area contributed by atoms with Gasteiger partial charge in [0, 0.05) is 19.0 Å². The number of benzene rings is 1. The van der Waals surface area contributed by atoms with Gasteiger partial charge in [-0.2, -0.15) is 14.6 Å². The first-order valence-electron chi connectivity index (χ1n) is 9.96. The van der Waals surface area contributed by atoms with Crippen LogP contribution in [0.15, 0.2) is 36.7 Å². The SMILES string of the molecule is CC(C)Oc1ccc(CN2CCC[C@@H](c3cc(C(F)F)n4ncnc4n3)C2)cc1. The lowest BCUT2D eigenvalue weighted by Crippen LogP contribution is -2.34. The molecule has 29 heavy (non-hydrogen) atoms. The summed E-state index contributed by atoms with van der Waals surface area (Å²) in [5, 5.41) is 3.86. The first-order valence-corrected chi connectivity index (χ1v) is 9.96. The van der Waals surface area contributed by atoms with E-state index in [1.165, 1.54) is 18.0 Å². The molecule has 0 radical (unpaired) electrons. The number of nitrogens with zero attached hydrogens (tertiary/aromatic N) is 5. The van der Waals surface area contributed by atoms with E-state index in [0.717, 1.165) is 42.7 Å². The van der Waals surface area contributed by atoms with Gasteiger partial charge in [0.25, 0.3) is 12.2 Å². The second-order valence-electron chi connectivity index (χ2n) is 7.76. The smallest absolute Gasteiger partial charge is 0.280 e. The molecule has 1 atom stereocenters. The molecule has 1 aliphatic heterocycles. The van der Waals surface area contributed by atoms with Crippen LogP contribution in [0.3, 0.4) is 0 Å². The summed E-state index contributed by atoms with van der Waals surface area (Å²) in [6, 6.07) is 9.63. The zero-order chi connectivity index (χ0) is 20.4. The Bertz CT molecular complexity index is 957. The Kier molecular flexibility index (Phi) is 5.71. The monoisotopic (exact) mass is 401 g/mol. The fraction of sp³-hybridized carbons (Fsp3) is 0.476. The van der Waals surface area contributed by atoms with Gasteiger partial charge in [0.1, 0.15) is 17.8 Å². The van der Waals surface area contributed by atoms with Gasteiger partial charge >= 0.3 is 0 Å². The average molecular weight is 401 g/mol. The van der Waals surface area contributed by atoms with E-state index in [0.29, 0.717) is 5.69 Å². The third-order valence-electron chi connectivity index (χ3n) is 5.15. The number of likely N-dealkylation sites (tertiary alicyclic amines) is 1.